The second-order valence-electron chi connectivity index (χ2n) is 3.90. The van der Waals surface area contributed by atoms with Crippen molar-refractivity contribution in [2.24, 2.45) is 0 Å². The van der Waals surface area contributed by atoms with E-state index in [2.05, 4.69) is 13.2 Å². The Balaban J connectivity index is 0.00000154. The summed E-state index contributed by atoms with van der Waals surface area (Å²) in [5, 5.41) is 0. The second-order valence-corrected chi connectivity index (χ2v) is 3.90. The van der Waals surface area contributed by atoms with Gasteiger partial charge in [-0.2, -0.15) is 0 Å². The molecule has 1 aromatic rings. The Morgan fingerprint density at radius 2 is 1.63 bits per heavy atom. The summed E-state index contributed by atoms with van der Waals surface area (Å²) in [6, 6.07) is 7.19. The van der Waals surface area contributed by atoms with Crippen molar-refractivity contribution in [3.63, 3.8) is 0 Å². The van der Waals surface area contributed by atoms with Crippen LogP contribution in [0.5, 0.6) is 0 Å². The molecule has 0 radical (unpaired) electrons. The van der Waals surface area contributed by atoms with E-state index in [1.807, 2.05) is 39.8 Å². The van der Waals surface area contributed by atoms with Crippen molar-refractivity contribution in [3.8, 4) is 0 Å². The number of hydrogen-bond donors (Lipinski definition) is 0. The van der Waals surface area contributed by atoms with Gasteiger partial charge >= 0.3 is 5.97 Å². The third-order valence-corrected chi connectivity index (χ3v) is 2.06. The van der Waals surface area contributed by atoms with Gasteiger partial charge in [0.25, 0.3) is 0 Å². The molecule has 0 aliphatic carbocycles. The van der Waals surface area contributed by atoms with Crippen molar-refractivity contribution in [1.82, 2.24) is 0 Å². The fourth-order valence-corrected chi connectivity index (χ4v) is 1.14. The average molecular weight is 258 g/mol. The molecule has 0 aromatic heterocycles. The van der Waals surface area contributed by atoms with E-state index in [-0.39, 0.29) is 0 Å². The molecule has 1 aromatic carbocycles. The number of allylic oxidation sites excluding steroid dienone is 3. The van der Waals surface area contributed by atoms with Crippen LogP contribution in [-0.2, 0) is 4.74 Å². The summed E-state index contributed by atoms with van der Waals surface area (Å²) in [4.78, 5) is 11.7. The molecular weight excluding hydrogens is 236 g/mol. The van der Waals surface area contributed by atoms with Gasteiger partial charge in [0.1, 0.15) is 5.76 Å². The Bertz CT molecular complexity index is 465. The van der Waals surface area contributed by atoms with E-state index in [1.165, 1.54) is 0 Å². The molecule has 2 nitrogen and oxygen atoms in total. The summed E-state index contributed by atoms with van der Waals surface area (Å²) in [6.45, 7) is 15.2. The summed E-state index contributed by atoms with van der Waals surface area (Å²) in [5.74, 6) is -0.0973. The summed E-state index contributed by atoms with van der Waals surface area (Å²) in [5.41, 5.74) is 2.49. The maximum absolute atomic E-state index is 11.7. The first-order chi connectivity index (χ1) is 8.99. The van der Waals surface area contributed by atoms with E-state index >= 15 is 0 Å². The highest BCUT2D eigenvalue weighted by molar-refractivity contribution is 5.90. The van der Waals surface area contributed by atoms with Gasteiger partial charge in [-0.15, -0.1) is 0 Å². The molecule has 0 saturated carbocycles. The number of esters is 1. The van der Waals surface area contributed by atoms with Crippen LogP contribution < -0.4 is 0 Å². The van der Waals surface area contributed by atoms with Gasteiger partial charge in [-0.05, 0) is 32.1 Å². The lowest BCUT2D eigenvalue weighted by atomic mass is 10.1. The Hall–Kier alpha value is -2.09. The van der Waals surface area contributed by atoms with Crippen LogP contribution in [0.3, 0.4) is 0 Å². The van der Waals surface area contributed by atoms with E-state index in [0.29, 0.717) is 11.3 Å². The number of benzene rings is 1. The smallest absolute Gasteiger partial charge is 0.343 e. The predicted octanol–water partition coefficient (Wildman–Crippen LogP) is 4.82. The van der Waals surface area contributed by atoms with Crippen LogP contribution in [0.1, 0.15) is 36.7 Å². The third-order valence-electron chi connectivity index (χ3n) is 2.06. The van der Waals surface area contributed by atoms with Crippen LogP contribution in [0, 0.1) is 6.92 Å². The van der Waals surface area contributed by atoms with Gasteiger partial charge in [-0.3, -0.25) is 0 Å². The lowest BCUT2D eigenvalue weighted by Crippen LogP contribution is -2.03. The molecular formula is C17H22O2. The van der Waals surface area contributed by atoms with Crippen LogP contribution in [0.15, 0.2) is 60.9 Å². The van der Waals surface area contributed by atoms with E-state index < -0.39 is 5.97 Å². The van der Waals surface area contributed by atoms with E-state index in [0.717, 1.165) is 11.1 Å². The van der Waals surface area contributed by atoms with Crippen molar-refractivity contribution in [2.75, 3.05) is 0 Å². The zero-order chi connectivity index (χ0) is 14.8. The first kappa shape index (κ1) is 16.9. The minimum Gasteiger partial charge on any atom is -0.424 e. The number of ether oxygens (including phenoxy) is 1. The molecule has 0 bridgehead atoms. The summed E-state index contributed by atoms with van der Waals surface area (Å²) >= 11 is 0. The zero-order valence-electron chi connectivity index (χ0n) is 12.2. The van der Waals surface area contributed by atoms with Crippen LogP contribution >= 0.6 is 0 Å². The maximum atomic E-state index is 11.7. The van der Waals surface area contributed by atoms with E-state index in [4.69, 9.17) is 4.74 Å². The van der Waals surface area contributed by atoms with Crippen LogP contribution in [-0.4, -0.2) is 5.97 Å². The van der Waals surface area contributed by atoms with Gasteiger partial charge < -0.3 is 4.74 Å². The molecule has 0 unspecified atom stereocenters. The monoisotopic (exact) mass is 258 g/mol. The summed E-state index contributed by atoms with van der Waals surface area (Å²) in [6.07, 6.45) is 3.36. The van der Waals surface area contributed by atoms with Gasteiger partial charge in [0.05, 0.1) is 5.56 Å². The van der Waals surface area contributed by atoms with Crippen LogP contribution in [0.4, 0.5) is 0 Å². The molecule has 2 heteroatoms. The number of aryl methyl sites for hydroxylation is 1. The molecule has 19 heavy (non-hydrogen) atoms. The van der Waals surface area contributed by atoms with Crippen molar-refractivity contribution >= 4 is 5.97 Å². The lowest BCUT2D eigenvalue weighted by Gasteiger charge is -2.03. The fraction of sp³-hybridized carbons (Fsp3) is 0.235. The van der Waals surface area contributed by atoms with E-state index in [9.17, 15) is 4.79 Å². The standard InChI is InChI=1S/C15H16O2.C2H6/c1-11(2)5-8-13(4)17-15(16)14-9-6-12(3)7-10-14;1-2/h5-10H,1,4H2,2-3H3;1-2H3/b8-5-;. The van der Waals surface area contributed by atoms with Gasteiger partial charge in [-0.25, -0.2) is 4.79 Å². The number of rotatable bonds is 4. The molecule has 0 atom stereocenters. The number of carbonyl (C=O) groups excluding carboxylic acids is 1. The van der Waals surface area contributed by atoms with Crippen LogP contribution in [0.2, 0.25) is 0 Å². The highest BCUT2D eigenvalue weighted by Crippen LogP contribution is 2.08. The normalized spacial score (nSPS) is 9.47. The largest absolute Gasteiger partial charge is 0.424 e. The first-order valence-electron chi connectivity index (χ1n) is 6.30. The molecule has 1 rings (SSSR count). The average Bonchev–Trinajstić information content (AvgIpc) is 2.39. The molecule has 0 N–H and O–H groups in total. The second kappa shape index (κ2) is 8.92. The van der Waals surface area contributed by atoms with Crippen molar-refractivity contribution < 1.29 is 9.53 Å². The minimum absolute atomic E-state index is 0.304. The van der Waals surface area contributed by atoms with Gasteiger partial charge in [-0.1, -0.05) is 56.4 Å². The third kappa shape index (κ3) is 7.04. The molecule has 0 fully saturated rings. The molecule has 0 aliphatic rings. The minimum atomic E-state index is -0.402. The molecule has 0 amide bonds. The SMILES string of the molecule is C=C(C)/C=C\C(=C)OC(=O)c1ccc(C)cc1.CC. The predicted molar refractivity (Wildman–Crippen MR) is 81.0 cm³/mol. The van der Waals surface area contributed by atoms with Crippen molar-refractivity contribution in [3.05, 3.63) is 72.0 Å². The van der Waals surface area contributed by atoms with Crippen molar-refractivity contribution in [2.45, 2.75) is 27.7 Å². The van der Waals surface area contributed by atoms with E-state index in [1.54, 1.807) is 24.3 Å². The van der Waals surface area contributed by atoms with Gasteiger partial charge in [0.15, 0.2) is 0 Å². The van der Waals surface area contributed by atoms with Crippen LogP contribution in [0.25, 0.3) is 0 Å². The quantitative estimate of drug-likeness (QED) is 0.439. The maximum Gasteiger partial charge on any atom is 0.343 e. The number of carbonyl (C=O) groups is 1. The van der Waals surface area contributed by atoms with Gasteiger partial charge in [0.2, 0.25) is 0 Å². The molecule has 0 saturated heterocycles. The Morgan fingerprint density at radius 1 is 1.11 bits per heavy atom. The molecule has 0 spiro atoms. The number of hydrogen-bond acceptors (Lipinski definition) is 2. The van der Waals surface area contributed by atoms with Crippen molar-refractivity contribution in [1.29, 1.82) is 0 Å². The van der Waals surface area contributed by atoms with Gasteiger partial charge in [0, 0.05) is 0 Å². The molecule has 0 aliphatic heterocycles. The summed E-state index contributed by atoms with van der Waals surface area (Å²) in [7, 11) is 0. The summed E-state index contributed by atoms with van der Waals surface area (Å²) < 4.78 is 5.07. The Labute approximate surface area is 116 Å². The topological polar surface area (TPSA) is 26.3 Å². The first-order valence-corrected chi connectivity index (χ1v) is 6.30. The highest BCUT2D eigenvalue weighted by atomic mass is 16.5. The molecule has 0 heterocycles. The highest BCUT2D eigenvalue weighted by Gasteiger charge is 2.06. The Morgan fingerprint density at radius 3 is 2.11 bits per heavy atom. The zero-order valence-corrected chi connectivity index (χ0v) is 12.2. The molecule has 102 valence electrons. The fourth-order valence-electron chi connectivity index (χ4n) is 1.14. The Kier molecular flexibility index (Phi) is 7.94. The lowest BCUT2D eigenvalue weighted by molar-refractivity contribution is 0.0638.